The highest BCUT2D eigenvalue weighted by Crippen LogP contribution is 2.27. The first kappa shape index (κ1) is 25.5. The quantitative estimate of drug-likeness (QED) is 0.624. The Hall–Kier alpha value is -2.57. The molecule has 5 rings (SSSR count). The molecule has 2 aromatic carbocycles. The zero-order valence-electron chi connectivity index (χ0n) is 20.9. The van der Waals surface area contributed by atoms with Crippen LogP contribution in [0.15, 0.2) is 42.5 Å². The molecule has 1 unspecified atom stereocenters. The minimum Gasteiger partial charge on any atom is -0.368 e. The van der Waals surface area contributed by atoms with E-state index in [2.05, 4.69) is 41.8 Å². The number of amides is 2. The van der Waals surface area contributed by atoms with Gasteiger partial charge in [0.1, 0.15) is 0 Å². The Kier molecular flexibility index (Phi) is 8.02. The number of aryl methyl sites for hydroxylation is 2. The average molecular weight is 497 g/mol. The molecule has 0 radical (unpaired) electrons. The van der Waals surface area contributed by atoms with Crippen LogP contribution in [0, 0.1) is 19.8 Å². The second-order valence-corrected chi connectivity index (χ2v) is 10.3. The van der Waals surface area contributed by atoms with Crippen molar-refractivity contribution in [2.45, 2.75) is 33.1 Å². The number of rotatable bonds is 5. The third-order valence-corrected chi connectivity index (χ3v) is 7.48. The van der Waals surface area contributed by atoms with Crippen molar-refractivity contribution >= 4 is 35.6 Å². The zero-order valence-corrected chi connectivity index (χ0v) is 21.7. The summed E-state index contributed by atoms with van der Waals surface area (Å²) in [5, 5.41) is 0. The summed E-state index contributed by atoms with van der Waals surface area (Å²) in [7, 11) is 0. The third kappa shape index (κ3) is 5.81. The van der Waals surface area contributed by atoms with Crippen LogP contribution in [0.3, 0.4) is 0 Å². The van der Waals surface area contributed by atoms with Gasteiger partial charge in [-0.3, -0.25) is 9.59 Å². The van der Waals surface area contributed by atoms with Gasteiger partial charge in [-0.2, -0.15) is 0 Å². The molecule has 3 saturated heterocycles. The van der Waals surface area contributed by atoms with E-state index < -0.39 is 0 Å². The Balaban J connectivity index is 0.00000289. The predicted molar refractivity (Wildman–Crippen MR) is 144 cm³/mol. The molecule has 0 bridgehead atoms. The van der Waals surface area contributed by atoms with Gasteiger partial charge in [0, 0.05) is 62.6 Å². The molecular formula is C28H37ClN4O2. The van der Waals surface area contributed by atoms with Crippen molar-refractivity contribution in [3.8, 4) is 0 Å². The van der Waals surface area contributed by atoms with Gasteiger partial charge in [0.2, 0.25) is 5.91 Å². The van der Waals surface area contributed by atoms with E-state index in [4.69, 9.17) is 0 Å². The van der Waals surface area contributed by atoms with Crippen molar-refractivity contribution in [1.82, 2.24) is 9.80 Å². The van der Waals surface area contributed by atoms with Gasteiger partial charge in [-0.15, -0.1) is 12.4 Å². The normalized spacial score (nSPS) is 20.9. The average Bonchev–Trinajstić information content (AvgIpc) is 3.48. The predicted octanol–water partition coefficient (Wildman–Crippen LogP) is 4.14. The van der Waals surface area contributed by atoms with E-state index >= 15 is 0 Å². The monoisotopic (exact) mass is 496 g/mol. The molecule has 0 spiro atoms. The van der Waals surface area contributed by atoms with Gasteiger partial charge in [-0.25, -0.2) is 0 Å². The maximum Gasteiger partial charge on any atom is 0.253 e. The number of nitrogens with zero attached hydrogens (tertiary/aromatic N) is 4. The van der Waals surface area contributed by atoms with Gasteiger partial charge in [0.25, 0.3) is 5.91 Å². The number of hydrogen-bond donors (Lipinski definition) is 0. The summed E-state index contributed by atoms with van der Waals surface area (Å²) in [5.74, 6) is 0.678. The van der Waals surface area contributed by atoms with Crippen LogP contribution in [0.2, 0.25) is 0 Å². The number of likely N-dealkylation sites (tertiary alicyclic amines) is 1. The van der Waals surface area contributed by atoms with E-state index in [1.54, 1.807) is 0 Å². The smallest absolute Gasteiger partial charge is 0.253 e. The summed E-state index contributed by atoms with van der Waals surface area (Å²) < 4.78 is 0. The lowest BCUT2D eigenvalue weighted by Gasteiger charge is -2.36. The van der Waals surface area contributed by atoms with Crippen LogP contribution in [0.4, 0.5) is 11.4 Å². The second-order valence-electron chi connectivity index (χ2n) is 10.3. The van der Waals surface area contributed by atoms with Gasteiger partial charge < -0.3 is 19.6 Å². The Bertz CT molecular complexity index is 1020. The molecule has 3 heterocycles. The molecule has 1 atom stereocenters. The number of carbonyl (C=O) groups excluding carboxylic acids is 2. The van der Waals surface area contributed by atoms with E-state index in [9.17, 15) is 9.59 Å². The Labute approximate surface area is 215 Å². The molecule has 35 heavy (non-hydrogen) atoms. The minimum absolute atomic E-state index is 0. The fourth-order valence-electron chi connectivity index (χ4n) is 5.75. The first-order valence-electron chi connectivity index (χ1n) is 12.7. The fourth-order valence-corrected chi connectivity index (χ4v) is 5.75. The first-order chi connectivity index (χ1) is 16.5. The first-order valence-corrected chi connectivity index (χ1v) is 12.7. The van der Waals surface area contributed by atoms with Gasteiger partial charge in [0.15, 0.2) is 0 Å². The second kappa shape index (κ2) is 11.0. The SMILES string of the molecule is Cc1cc(C)cc(N2CCN(C(=O)c3ccc(N4CC(CN5CCCC5)CC4=O)cc3)CC2)c1.Cl. The lowest BCUT2D eigenvalue weighted by Crippen LogP contribution is -2.48. The van der Waals surface area contributed by atoms with Crippen LogP contribution in [-0.2, 0) is 4.79 Å². The number of carbonyl (C=O) groups is 2. The van der Waals surface area contributed by atoms with Crippen molar-refractivity contribution in [1.29, 1.82) is 0 Å². The summed E-state index contributed by atoms with van der Waals surface area (Å²) in [4.78, 5) is 34.5. The number of benzene rings is 2. The Morgan fingerprint density at radius 2 is 1.49 bits per heavy atom. The van der Waals surface area contributed by atoms with E-state index in [1.807, 2.05) is 34.1 Å². The molecule has 0 aromatic heterocycles. The number of anilines is 2. The van der Waals surface area contributed by atoms with Crippen LogP contribution < -0.4 is 9.80 Å². The van der Waals surface area contributed by atoms with Crippen LogP contribution >= 0.6 is 12.4 Å². The number of halogens is 1. The Morgan fingerprint density at radius 3 is 2.11 bits per heavy atom. The summed E-state index contributed by atoms with van der Waals surface area (Å²) in [6, 6.07) is 14.3. The zero-order chi connectivity index (χ0) is 23.7. The van der Waals surface area contributed by atoms with Crippen molar-refractivity contribution in [2.24, 2.45) is 5.92 Å². The molecule has 2 aromatic rings. The highest BCUT2D eigenvalue weighted by molar-refractivity contribution is 5.98. The molecule has 3 aliphatic rings. The molecule has 0 N–H and O–H groups in total. The molecule has 0 aliphatic carbocycles. The Morgan fingerprint density at radius 1 is 0.857 bits per heavy atom. The summed E-state index contributed by atoms with van der Waals surface area (Å²) in [5.41, 5.74) is 5.39. The highest BCUT2D eigenvalue weighted by Gasteiger charge is 2.32. The van der Waals surface area contributed by atoms with Gasteiger partial charge in [-0.1, -0.05) is 6.07 Å². The summed E-state index contributed by atoms with van der Waals surface area (Å²) in [6.45, 7) is 11.5. The van der Waals surface area contributed by atoms with E-state index in [0.717, 1.165) is 45.0 Å². The molecule has 2 amide bonds. The van der Waals surface area contributed by atoms with Crippen molar-refractivity contribution < 1.29 is 9.59 Å². The highest BCUT2D eigenvalue weighted by atomic mass is 35.5. The van der Waals surface area contributed by atoms with Gasteiger partial charge >= 0.3 is 0 Å². The van der Waals surface area contributed by atoms with Crippen LogP contribution in [0.5, 0.6) is 0 Å². The molecular weight excluding hydrogens is 460 g/mol. The van der Waals surface area contributed by atoms with Crippen molar-refractivity contribution in [2.75, 3.05) is 62.2 Å². The van der Waals surface area contributed by atoms with E-state index in [-0.39, 0.29) is 24.2 Å². The van der Waals surface area contributed by atoms with Crippen LogP contribution in [0.25, 0.3) is 0 Å². The fraction of sp³-hybridized carbons (Fsp3) is 0.500. The lowest BCUT2D eigenvalue weighted by molar-refractivity contribution is -0.117. The van der Waals surface area contributed by atoms with E-state index in [0.29, 0.717) is 17.9 Å². The number of hydrogen-bond acceptors (Lipinski definition) is 4. The summed E-state index contributed by atoms with van der Waals surface area (Å²) in [6.07, 6.45) is 3.18. The van der Waals surface area contributed by atoms with Crippen molar-refractivity contribution in [3.63, 3.8) is 0 Å². The minimum atomic E-state index is 0. The van der Waals surface area contributed by atoms with Gasteiger partial charge in [0.05, 0.1) is 0 Å². The van der Waals surface area contributed by atoms with Crippen molar-refractivity contribution in [3.05, 3.63) is 59.2 Å². The maximum atomic E-state index is 13.1. The molecule has 7 heteroatoms. The molecule has 0 saturated carbocycles. The standard InChI is InChI=1S/C28H36N4O2.ClH/c1-21-15-22(2)17-26(16-21)30-11-13-31(14-12-30)28(34)24-5-7-25(8-6-24)32-20-23(18-27(32)33)19-29-9-3-4-10-29;/h5-8,15-17,23H,3-4,9-14,18-20H2,1-2H3;1H. The molecule has 6 nitrogen and oxygen atoms in total. The van der Waals surface area contributed by atoms with Gasteiger partial charge in [-0.05, 0) is 93.2 Å². The largest absolute Gasteiger partial charge is 0.368 e. The summed E-state index contributed by atoms with van der Waals surface area (Å²) >= 11 is 0. The van der Waals surface area contributed by atoms with Crippen LogP contribution in [-0.4, -0.2) is 74.0 Å². The molecule has 3 fully saturated rings. The number of piperazine rings is 1. The topological polar surface area (TPSA) is 47.1 Å². The van der Waals surface area contributed by atoms with Crippen LogP contribution in [0.1, 0.15) is 40.7 Å². The molecule has 188 valence electrons. The third-order valence-electron chi connectivity index (χ3n) is 7.48. The van der Waals surface area contributed by atoms with E-state index in [1.165, 1.54) is 42.7 Å². The maximum absolute atomic E-state index is 13.1. The molecule has 3 aliphatic heterocycles. The lowest BCUT2D eigenvalue weighted by atomic mass is 10.1.